The minimum absolute atomic E-state index is 0.175. The number of ether oxygens (including phenoxy) is 1. The number of hydrogen-bond acceptors (Lipinski definition) is 5. The number of rotatable bonds is 6. The lowest BCUT2D eigenvalue weighted by atomic mass is 10.0. The van der Waals surface area contributed by atoms with Crippen molar-refractivity contribution < 1.29 is 19.1 Å². The second-order valence-electron chi connectivity index (χ2n) is 7.64. The van der Waals surface area contributed by atoms with Gasteiger partial charge in [0.2, 0.25) is 5.91 Å². The average molecular weight is 441 g/mol. The smallest absolute Gasteiger partial charge is 0.282 e. The van der Waals surface area contributed by atoms with Crippen LogP contribution in [0.3, 0.4) is 0 Å². The molecule has 0 saturated heterocycles. The number of carbonyl (C=O) groups is 3. The third-order valence-electron chi connectivity index (χ3n) is 5.23. The molecule has 0 aromatic heterocycles. The van der Waals surface area contributed by atoms with Gasteiger partial charge in [0.15, 0.2) is 0 Å². The largest absolute Gasteiger partial charge is 0.497 e. The lowest BCUT2D eigenvalue weighted by molar-refractivity contribution is -0.120. The van der Waals surface area contributed by atoms with Crippen LogP contribution in [0.4, 0.5) is 17.1 Å². The summed E-state index contributed by atoms with van der Waals surface area (Å²) in [6, 6.07) is 21.1. The van der Waals surface area contributed by atoms with Crippen LogP contribution in [-0.4, -0.2) is 24.8 Å². The summed E-state index contributed by atoms with van der Waals surface area (Å²) in [5.41, 5.74) is 3.82. The Bertz CT molecular complexity index is 1240. The molecule has 2 N–H and O–H groups in total. The van der Waals surface area contributed by atoms with Gasteiger partial charge in [-0.05, 0) is 61.0 Å². The zero-order valence-electron chi connectivity index (χ0n) is 18.5. The number of imide groups is 1. The van der Waals surface area contributed by atoms with Crippen molar-refractivity contribution in [1.82, 2.24) is 0 Å². The number of benzene rings is 3. The van der Waals surface area contributed by atoms with E-state index in [9.17, 15) is 14.4 Å². The molecular formula is C26H23N3O4. The van der Waals surface area contributed by atoms with E-state index in [-0.39, 0.29) is 17.2 Å². The van der Waals surface area contributed by atoms with Gasteiger partial charge in [-0.25, -0.2) is 4.90 Å². The van der Waals surface area contributed by atoms with Crippen LogP contribution in [0.2, 0.25) is 0 Å². The SMILES string of the molecule is COc1ccc(C2=C(Nc3ccc(NC(C)=O)cc3)C(=O)N(c3ccc(C)cc3)C2=O)cc1. The van der Waals surface area contributed by atoms with E-state index in [0.29, 0.717) is 28.4 Å². The molecule has 0 unspecified atom stereocenters. The van der Waals surface area contributed by atoms with Crippen molar-refractivity contribution in [2.45, 2.75) is 13.8 Å². The lowest BCUT2D eigenvalue weighted by Crippen LogP contribution is -2.32. The van der Waals surface area contributed by atoms with Crippen LogP contribution in [-0.2, 0) is 14.4 Å². The summed E-state index contributed by atoms with van der Waals surface area (Å²) in [6.45, 7) is 3.37. The van der Waals surface area contributed by atoms with E-state index in [1.807, 2.05) is 19.1 Å². The highest BCUT2D eigenvalue weighted by Gasteiger charge is 2.40. The first-order valence-corrected chi connectivity index (χ1v) is 10.4. The van der Waals surface area contributed by atoms with Crippen LogP contribution < -0.4 is 20.3 Å². The second-order valence-corrected chi connectivity index (χ2v) is 7.64. The molecule has 3 amide bonds. The molecule has 7 heteroatoms. The van der Waals surface area contributed by atoms with Crippen LogP contribution in [0.15, 0.2) is 78.5 Å². The van der Waals surface area contributed by atoms with E-state index in [4.69, 9.17) is 4.74 Å². The molecule has 4 rings (SSSR count). The number of anilines is 3. The van der Waals surface area contributed by atoms with Gasteiger partial charge in [-0.2, -0.15) is 0 Å². The number of amides is 3. The molecule has 0 atom stereocenters. The van der Waals surface area contributed by atoms with Crippen LogP contribution in [0.25, 0.3) is 5.57 Å². The summed E-state index contributed by atoms with van der Waals surface area (Å²) < 4.78 is 5.22. The van der Waals surface area contributed by atoms with Crippen LogP contribution in [0.5, 0.6) is 5.75 Å². The highest BCUT2D eigenvalue weighted by Crippen LogP contribution is 2.34. The highest BCUT2D eigenvalue weighted by molar-refractivity contribution is 6.46. The van der Waals surface area contributed by atoms with Gasteiger partial charge in [-0.3, -0.25) is 14.4 Å². The number of nitrogens with zero attached hydrogens (tertiary/aromatic N) is 1. The number of nitrogens with one attached hydrogen (secondary N) is 2. The van der Waals surface area contributed by atoms with Gasteiger partial charge in [-0.15, -0.1) is 0 Å². The molecule has 1 aliphatic heterocycles. The number of aryl methyl sites for hydroxylation is 1. The average Bonchev–Trinajstić information content (AvgIpc) is 3.05. The predicted octanol–water partition coefficient (Wildman–Crippen LogP) is 4.36. The van der Waals surface area contributed by atoms with Crippen molar-refractivity contribution in [2.24, 2.45) is 0 Å². The molecule has 0 spiro atoms. The van der Waals surface area contributed by atoms with E-state index in [1.165, 1.54) is 11.8 Å². The Kier molecular flexibility index (Phi) is 5.95. The van der Waals surface area contributed by atoms with Gasteiger partial charge in [0.1, 0.15) is 11.4 Å². The van der Waals surface area contributed by atoms with Gasteiger partial charge < -0.3 is 15.4 Å². The van der Waals surface area contributed by atoms with Crippen LogP contribution in [0.1, 0.15) is 18.1 Å². The fraction of sp³-hybridized carbons (Fsp3) is 0.115. The molecule has 7 nitrogen and oxygen atoms in total. The number of hydrogen-bond donors (Lipinski definition) is 2. The molecule has 0 saturated carbocycles. The number of methoxy groups -OCH3 is 1. The lowest BCUT2D eigenvalue weighted by Gasteiger charge is -2.15. The molecule has 0 radical (unpaired) electrons. The standard InChI is InChI=1S/C26H23N3O4/c1-16-4-12-21(13-5-16)29-25(31)23(18-6-14-22(33-3)15-7-18)24(26(29)32)28-20-10-8-19(9-11-20)27-17(2)30/h4-15,28H,1-3H3,(H,27,30). The zero-order valence-corrected chi connectivity index (χ0v) is 18.5. The van der Waals surface area contributed by atoms with Crippen molar-refractivity contribution >= 4 is 40.4 Å². The Morgan fingerprint density at radius 2 is 1.42 bits per heavy atom. The molecule has 3 aromatic rings. The molecule has 3 aromatic carbocycles. The molecule has 1 heterocycles. The summed E-state index contributed by atoms with van der Waals surface area (Å²) in [4.78, 5) is 39.3. The summed E-state index contributed by atoms with van der Waals surface area (Å²) in [5.74, 6) is -0.382. The first kappa shape index (κ1) is 21.8. The van der Waals surface area contributed by atoms with E-state index >= 15 is 0 Å². The molecule has 33 heavy (non-hydrogen) atoms. The van der Waals surface area contributed by atoms with Gasteiger partial charge in [0, 0.05) is 18.3 Å². The third-order valence-corrected chi connectivity index (χ3v) is 5.23. The first-order chi connectivity index (χ1) is 15.9. The fourth-order valence-electron chi connectivity index (χ4n) is 3.58. The Morgan fingerprint density at radius 1 is 0.818 bits per heavy atom. The quantitative estimate of drug-likeness (QED) is 0.555. The van der Waals surface area contributed by atoms with Crippen molar-refractivity contribution in [3.63, 3.8) is 0 Å². The van der Waals surface area contributed by atoms with Crippen molar-refractivity contribution in [3.8, 4) is 5.75 Å². The molecule has 0 fully saturated rings. The van der Waals surface area contributed by atoms with Gasteiger partial charge in [0.25, 0.3) is 11.8 Å². The van der Waals surface area contributed by atoms with Gasteiger partial charge >= 0.3 is 0 Å². The maximum absolute atomic E-state index is 13.5. The van der Waals surface area contributed by atoms with Crippen molar-refractivity contribution in [1.29, 1.82) is 0 Å². The summed E-state index contributed by atoms with van der Waals surface area (Å²) in [5, 5.41) is 5.81. The molecular weight excluding hydrogens is 418 g/mol. The second kappa shape index (κ2) is 9.00. The first-order valence-electron chi connectivity index (χ1n) is 10.4. The van der Waals surface area contributed by atoms with E-state index < -0.39 is 11.8 Å². The monoisotopic (exact) mass is 441 g/mol. The molecule has 0 aliphatic carbocycles. The minimum atomic E-state index is -0.444. The fourth-order valence-corrected chi connectivity index (χ4v) is 3.58. The van der Waals surface area contributed by atoms with Crippen LogP contribution >= 0.6 is 0 Å². The van der Waals surface area contributed by atoms with E-state index in [2.05, 4.69) is 10.6 Å². The zero-order chi connectivity index (χ0) is 23.5. The van der Waals surface area contributed by atoms with Gasteiger partial charge in [0.05, 0.1) is 18.4 Å². The predicted molar refractivity (Wildman–Crippen MR) is 128 cm³/mol. The summed E-state index contributed by atoms with van der Waals surface area (Å²) >= 11 is 0. The molecule has 166 valence electrons. The van der Waals surface area contributed by atoms with E-state index in [1.54, 1.807) is 67.8 Å². The Balaban J connectivity index is 1.74. The Morgan fingerprint density at radius 3 is 2.00 bits per heavy atom. The maximum Gasteiger partial charge on any atom is 0.282 e. The topological polar surface area (TPSA) is 87.7 Å². The summed E-state index contributed by atoms with van der Waals surface area (Å²) in [6.07, 6.45) is 0. The highest BCUT2D eigenvalue weighted by atomic mass is 16.5. The Labute approximate surface area is 191 Å². The maximum atomic E-state index is 13.5. The molecule has 0 bridgehead atoms. The Hall–Kier alpha value is -4.39. The van der Waals surface area contributed by atoms with Crippen molar-refractivity contribution in [2.75, 3.05) is 22.6 Å². The normalized spacial score (nSPS) is 13.4. The van der Waals surface area contributed by atoms with E-state index in [0.717, 1.165) is 5.56 Å². The van der Waals surface area contributed by atoms with Crippen LogP contribution in [0, 0.1) is 6.92 Å². The third kappa shape index (κ3) is 4.48. The summed E-state index contributed by atoms with van der Waals surface area (Å²) in [7, 11) is 1.56. The number of carbonyl (C=O) groups excluding carboxylic acids is 3. The minimum Gasteiger partial charge on any atom is -0.497 e. The van der Waals surface area contributed by atoms with Gasteiger partial charge in [-0.1, -0.05) is 29.8 Å². The van der Waals surface area contributed by atoms with Crippen molar-refractivity contribution in [3.05, 3.63) is 89.6 Å². The molecule has 1 aliphatic rings.